The van der Waals surface area contributed by atoms with Crippen molar-refractivity contribution in [1.29, 1.82) is 0 Å². The molecule has 0 bridgehead atoms. The topological polar surface area (TPSA) is 35.1 Å². The molecule has 2 heterocycles. The highest BCUT2D eigenvalue weighted by atomic mass is 16.4. The highest BCUT2D eigenvalue weighted by molar-refractivity contribution is 6.15. The van der Waals surface area contributed by atoms with Gasteiger partial charge in [0, 0.05) is 32.6 Å². The summed E-state index contributed by atoms with van der Waals surface area (Å²) in [6.45, 7) is 4.59. The first-order valence-electron chi connectivity index (χ1n) is 16.8. The number of hydrogen-bond donors (Lipinski definition) is 0. The summed E-state index contributed by atoms with van der Waals surface area (Å²) in [5.74, 6) is 0. The maximum absolute atomic E-state index is 13.6. The number of fused-ring (bicyclic) bond motifs is 9. The van der Waals surface area contributed by atoms with E-state index < -0.39 is 0 Å². The number of benzene rings is 7. The number of rotatable bonds is 3. The molecule has 3 heteroatoms. The van der Waals surface area contributed by atoms with Crippen LogP contribution >= 0.6 is 0 Å². The maximum atomic E-state index is 13.6. The van der Waals surface area contributed by atoms with Crippen LogP contribution in [0.15, 0.2) is 161 Å². The van der Waals surface area contributed by atoms with Crippen LogP contribution in [0, 0.1) is 0 Å². The van der Waals surface area contributed by atoms with E-state index in [2.05, 4.69) is 146 Å². The van der Waals surface area contributed by atoms with E-state index in [1.54, 1.807) is 0 Å². The predicted octanol–water partition coefficient (Wildman–Crippen LogP) is 11.7. The second-order valence-electron chi connectivity index (χ2n) is 13.6. The zero-order chi connectivity index (χ0) is 32.9. The molecule has 0 unspecified atom stereocenters. The van der Waals surface area contributed by atoms with Gasteiger partial charge in [0.15, 0.2) is 0 Å². The number of aromatic nitrogens is 1. The van der Waals surface area contributed by atoms with Crippen LogP contribution in [0.1, 0.15) is 25.0 Å². The molecule has 49 heavy (non-hydrogen) atoms. The van der Waals surface area contributed by atoms with Crippen molar-refractivity contribution in [3.63, 3.8) is 0 Å². The fourth-order valence-electron chi connectivity index (χ4n) is 8.38. The van der Waals surface area contributed by atoms with Crippen molar-refractivity contribution in [2.75, 3.05) is 0 Å². The van der Waals surface area contributed by atoms with E-state index in [1.807, 2.05) is 24.3 Å². The van der Waals surface area contributed by atoms with Crippen LogP contribution in [-0.2, 0) is 5.41 Å². The minimum atomic E-state index is -0.323. The van der Waals surface area contributed by atoms with Crippen LogP contribution in [0.5, 0.6) is 0 Å². The van der Waals surface area contributed by atoms with Gasteiger partial charge in [-0.1, -0.05) is 123 Å². The lowest BCUT2D eigenvalue weighted by Crippen LogP contribution is -2.14. The summed E-state index contributed by atoms with van der Waals surface area (Å²) in [7, 11) is 0. The van der Waals surface area contributed by atoms with Gasteiger partial charge in [-0.05, 0) is 87.0 Å². The van der Waals surface area contributed by atoms with Gasteiger partial charge in [0.2, 0.25) is 0 Å². The summed E-state index contributed by atoms with van der Waals surface area (Å²) < 4.78 is 8.40. The van der Waals surface area contributed by atoms with Gasteiger partial charge in [-0.15, -0.1) is 0 Å². The summed E-state index contributed by atoms with van der Waals surface area (Å²) >= 11 is 0. The number of nitrogens with zero attached hydrogens (tertiary/aromatic N) is 1. The van der Waals surface area contributed by atoms with E-state index in [0.717, 1.165) is 44.2 Å². The average Bonchev–Trinajstić information content (AvgIpc) is 3.60. The van der Waals surface area contributed by atoms with E-state index in [1.165, 1.54) is 38.5 Å². The van der Waals surface area contributed by atoms with Crippen molar-refractivity contribution in [2.45, 2.75) is 19.3 Å². The largest absolute Gasteiger partial charge is 0.422 e. The van der Waals surface area contributed by atoms with Gasteiger partial charge in [-0.2, -0.15) is 0 Å². The highest BCUT2D eigenvalue weighted by Crippen LogP contribution is 2.52. The molecule has 1 aliphatic carbocycles. The Labute approximate surface area is 283 Å². The van der Waals surface area contributed by atoms with Crippen LogP contribution < -0.4 is 5.63 Å². The molecular formula is C46H31NO2. The Bertz CT molecular complexity index is 2870. The summed E-state index contributed by atoms with van der Waals surface area (Å²) in [6, 6.07) is 53.3. The first-order valence-corrected chi connectivity index (χ1v) is 16.8. The first kappa shape index (κ1) is 27.9. The molecule has 0 N–H and O–H groups in total. The number of para-hydroxylation sites is 2. The molecule has 0 atom stereocenters. The molecule has 0 aliphatic heterocycles. The Morgan fingerprint density at radius 1 is 0.510 bits per heavy atom. The Kier molecular flexibility index (Phi) is 5.78. The average molecular weight is 630 g/mol. The van der Waals surface area contributed by atoms with Crippen molar-refractivity contribution in [3.05, 3.63) is 173 Å². The van der Waals surface area contributed by atoms with Crippen LogP contribution in [0.2, 0.25) is 0 Å². The van der Waals surface area contributed by atoms with Crippen molar-refractivity contribution in [1.82, 2.24) is 4.57 Å². The van der Waals surface area contributed by atoms with E-state index in [-0.39, 0.29) is 11.0 Å². The minimum Gasteiger partial charge on any atom is -0.422 e. The second-order valence-corrected chi connectivity index (χ2v) is 13.6. The Hall–Kier alpha value is -6.19. The van der Waals surface area contributed by atoms with Gasteiger partial charge < -0.3 is 8.98 Å². The van der Waals surface area contributed by atoms with Gasteiger partial charge in [-0.25, -0.2) is 4.79 Å². The number of hydrogen-bond acceptors (Lipinski definition) is 2. The normalized spacial score (nSPS) is 13.3. The van der Waals surface area contributed by atoms with Crippen molar-refractivity contribution >= 4 is 43.5 Å². The lowest BCUT2D eigenvalue weighted by Gasteiger charge is -2.21. The Morgan fingerprint density at radius 3 is 2.06 bits per heavy atom. The minimum absolute atomic E-state index is 0.0998. The summed E-state index contributed by atoms with van der Waals surface area (Å²) in [6.07, 6.45) is 0. The van der Waals surface area contributed by atoms with Gasteiger partial charge in [0.25, 0.3) is 0 Å². The standard InChI is InChI=1S/C46H31NO2/c1-46(2)38-18-8-6-15-35(38)43-31(16-10-19-39(43)46)28-22-24-34-37(27-28)45(48)49-42-21-11-17-32(44(34)42)29-23-25-41-36(26-29)33-14-7-9-20-40(33)47(41)30-12-4-3-5-13-30/h3-27H,1-2H3. The third kappa shape index (κ3) is 3.93. The fourth-order valence-corrected chi connectivity index (χ4v) is 8.38. The highest BCUT2D eigenvalue weighted by Gasteiger charge is 2.36. The molecule has 0 saturated heterocycles. The maximum Gasteiger partial charge on any atom is 0.344 e. The molecule has 232 valence electrons. The zero-order valence-corrected chi connectivity index (χ0v) is 27.2. The molecule has 0 amide bonds. The summed E-state index contributed by atoms with van der Waals surface area (Å²) in [4.78, 5) is 13.6. The lowest BCUT2D eigenvalue weighted by atomic mass is 9.82. The smallest absolute Gasteiger partial charge is 0.344 e. The van der Waals surface area contributed by atoms with Crippen LogP contribution in [0.3, 0.4) is 0 Å². The van der Waals surface area contributed by atoms with E-state index in [9.17, 15) is 4.79 Å². The molecule has 10 rings (SSSR count). The third-order valence-corrected chi connectivity index (χ3v) is 10.7. The molecule has 0 fully saturated rings. The quantitative estimate of drug-likeness (QED) is 0.144. The van der Waals surface area contributed by atoms with E-state index in [0.29, 0.717) is 11.0 Å². The van der Waals surface area contributed by atoms with Crippen molar-refractivity contribution in [2.24, 2.45) is 0 Å². The van der Waals surface area contributed by atoms with Gasteiger partial charge in [0.1, 0.15) is 5.58 Å². The van der Waals surface area contributed by atoms with Gasteiger partial charge in [0.05, 0.1) is 16.4 Å². The molecule has 2 aromatic heterocycles. The molecular weight excluding hydrogens is 599 g/mol. The van der Waals surface area contributed by atoms with Gasteiger partial charge in [-0.3, -0.25) is 0 Å². The van der Waals surface area contributed by atoms with E-state index in [4.69, 9.17) is 4.42 Å². The zero-order valence-electron chi connectivity index (χ0n) is 27.2. The molecule has 7 aromatic carbocycles. The predicted molar refractivity (Wildman–Crippen MR) is 203 cm³/mol. The SMILES string of the molecule is CC1(C)c2ccccc2-c2c(-c3ccc4c(c3)c(=O)oc3cccc(-c5ccc6c(c5)c5ccccc5n6-c5ccccc5)c34)cccc21. The monoisotopic (exact) mass is 629 g/mol. The summed E-state index contributed by atoms with van der Waals surface area (Å²) in [5.41, 5.74) is 13.0. The fraction of sp³-hybridized carbons (Fsp3) is 0.0652. The van der Waals surface area contributed by atoms with Crippen molar-refractivity contribution in [3.8, 4) is 39.1 Å². The molecule has 0 saturated carbocycles. The lowest BCUT2D eigenvalue weighted by molar-refractivity contribution is 0.570. The van der Waals surface area contributed by atoms with E-state index >= 15 is 0 Å². The molecule has 0 radical (unpaired) electrons. The first-order chi connectivity index (χ1) is 24.0. The molecule has 9 aromatic rings. The van der Waals surface area contributed by atoms with Crippen LogP contribution in [0.4, 0.5) is 0 Å². The molecule has 3 nitrogen and oxygen atoms in total. The third-order valence-electron chi connectivity index (χ3n) is 10.7. The van der Waals surface area contributed by atoms with Crippen LogP contribution in [-0.4, -0.2) is 4.57 Å². The molecule has 0 spiro atoms. The van der Waals surface area contributed by atoms with Crippen LogP contribution in [0.25, 0.3) is 82.6 Å². The Morgan fingerprint density at radius 2 is 1.16 bits per heavy atom. The van der Waals surface area contributed by atoms with Gasteiger partial charge >= 0.3 is 5.63 Å². The second kappa shape index (κ2) is 10.2. The summed E-state index contributed by atoms with van der Waals surface area (Å²) in [5, 5.41) is 4.80. The molecule has 1 aliphatic rings. The Balaban J connectivity index is 1.19. The van der Waals surface area contributed by atoms with Crippen molar-refractivity contribution < 1.29 is 4.42 Å².